The van der Waals surface area contributed by atoms with Crippen molar-refractivity contribution in [2.45, 2.75) is 19.4 Å². The Kier molecular flexibility index (Phi) is 2.76. The van der Waals surface area contributed by atoms with Crippen molar-refractivity contribution in [1.82, 2.24) is 19.7 Å². The third-order valence-corrected chi connectivity index (χ3v) is 2.89. The lowest BCUT2D eigenvalue weighted by atomic mass is 10.1. The van der Waals surface area contributed by atoms with Gasteiger partial charge in [-0.25, -0.2) is 14.6 Å². The third-order valence-electron chi connectivity index (χ3n) is 2.89. The molecule has 0 fully saturated rings. The molecular formula is C12H13N5O. The number of nitrogens with zero attached hydrogens (tertiary/aromatic N) is 4. The van der Waals surface area contributed by atoms with Crippen LogP contribution in [0.1, 0.15) is 17.9 Å². The minimum absolute atomic E-state index is 0.129. The van der Waals surface area contributed by atoms with Crippen LogP contribution in [0.15, 0.2) is 29.3 Å². The van der Waals surface area contributed by atoms with E-state index in [1.54, 1.807) is 24.5 Å². The predicted molar refractivity (Wildman–Crippen MR) is 66.4 cm³/mol. The number of aromatic nitrogens is 4. The van der Waals surface area contributed by atoms with Crippen molar-refractivity contribution in [3.63, 3.8) is 0 Å². The summed E-state index contributed by atoms with van der Waals surface area (Å²) in [6, 6.07) is 3.35. The first-order valence-corrected chi connectivity index (χ1v) is 5.94. The van der Waals surface area contributed by atoms with E-state index in [1.807, 2.05) is 0 Å². The molecule has 0 spiro atoms. The molecule has 3 heterocycles. The number of hydrogen-bond acceptors (Lipinski definition) is 5. The largest absolute Gasteiger partial charge is 0.383 e. The highest BCUT2D eigenvalue weighted by molar-refractivity contribution is 5.48. The first kappa shape index (κ1) is 10.9. The average molecular weight is 243 g/mol. The van der Waals surface area contributed by atoms with Gasteiger partial charge in [0.05, 0.1) is 11.4 Å². The Morgan fingerprint density at radius 1 is 1.33 bits per heavy atom. The van der Waals surface area contributed by atoms with E-state index in [-0.39, 0.29) is 5.56 Å². The first-order valence-electron chi connectivity index (χ1n) is 5.94. The van der Waals surface area contributed by atoms with Crippen molar-refractivity contribution >= 4 is 5.69 Å². The van der Waals surface area contributed by atoms with E-state index >= 15 is 0 Å². The van der Waals surface area contributed by atoms with Gasteiger partial charge in [0.15, 0.2) is 0 Å². The Labute approximate surface area is 104 Å². The van der Waals surface area contributed by atoms with Crippen LogP contribution in [0.5, 0.6) is 0 Å². The van der Waals surface area contributed by atoms with Gasteiger partial charge in [-0.1, -0.05) is 0 Å². The smallest absolute Gasteiger partial charge is 0.269 e. The molecule has 1 aliphatic rings. The fourth-order valence-electron chi connectivity index (χ4n) is 2.01. The van der Waals surface area contributed by atoms with Crippen molar-refractivity contribution in [1.29, 1.82) is 0 Å². The Morgan fingerprint density at radius 3 is 3.00 bits per heavy atom. The number of aryl methyl sites for hydroxylation is 1. The highest BCUT2D eigenvalue weighted by Crippen LogP contribution is 2.16. The molecule has 2 aromatic rings. The van der Waals surface area contributed by atoms with E-state index in [1.165, 1.54) is 4.68 Å². The summed E-state index contributed by atoms with van der Waals surface area (Å²) >= 11 is 0. The Bertz CT molecular complexity index is 608. The zero-order valence-electron chi connectivity index (χ0n) is 9.83. The second-order valence-electron chi connectivity index (χ2n) is 4.20. The van der Waals surface area contributed by atoms with Gasteiger partial charge >= 0.3 is 0 Å². The van der Waals surface area contributed by atoms with Crippen LogP contribution in [-0.2, 0) is 13.0 Å². The van der Waals surface area contributed by atoms with Crippen LogP contribution in [0, 0.1) is 0 Å². The molecule has 0 saturated heterocycles. The second-order valence-corrected chi connectivity index (χ2v) is 4.20. The predicted octanol–water partition coefficient (Wildman–Crippen LogP) is 0.440. The van der Waals surface area contributed by atoms with Gasteiger partial charge in [0, 0.05) is 25.0 Å². The maximum absolute atomic E-state index is 11.9. The summed E-state index contributed by atoms with van der Waals surface area (Å²) < 4.78 is 1.42. The molecule has 0 amide bonds. The maximum atomic E-state index is 11.9. The van der Waals surface area contributed by atoms with E-state index in [0.717, 1.165) is 30.8 Å². The van der Waals surface area contributed by atoms with Crippen molar-refractivity contribution < 1.29 is 0 Å². The molecule has 0 unspecified atom stereocenters. The summed E-state index contributed by atoms with van der Waals surface area (Å²) in [5.41, 5.74) is 1.67. The van der Waals surface area contributed by atoms with Crippen LogP contribution in [0.2, 0.25) is 0 Å². The highest BCUT2D eigenvalue weighted by Gasteiger charge is 2.13. The quantitative estimate of drug-likeness (QED) is 0.828. The monoisotopic (exact) mass is 243 g/mol. The molecule has 0 atom stereocenters. The number of rotatable bonds is 2. The molecule has 0 saturated carbocycles. The minimum Gasteiger partial charge on any atom is -0.383 e. The number of fused-ring (bicyclic) bond motifs is 1. The minimum atomic E-state index is -0.129. The normalized spacial score (nSPS) is 13.8. The van der Waals surface area contributed by atoms with Crippen LogP contribution in [0.3, 0.4) is 0 Å². The van der Waals surface area contributed by atoms with Crippen LogP contribution in [-0.4, -0.2) is 26.3 Å². The van der Waals surface area contributed by atoms with Gasteiger partial charge in [0.2, 0.25) is 0 Å². The van der Waals surface area contributed by atoms with Gasteiger partial charge in [-0.3, -0.25) is 4.79 Å². The summed E-state index contributed by atoms with van der Waals surface area (Å²) in [6.07, 6.45) is 5.26. The molecule has 3 rings (SSSR count). The van der Waals surface area contributed by atoms with E-state index in [0.29, 0.717) is 12.4 Å². The molecule has 0 aromatic carbocycles. The third kappa shape index (κ3) is 2.09. The summed E-state index contributed by atoms with van der Waals surface area (Å²) in [6.45, 7) is 1.22. The number of nitrogens with one attached hydrogen (secondary N) is 1. The van der Waals surface area contributed by atoms with Crippen molar-refractivity contribution in [3.8, 4) is 0 Å². The summed E-state index contributed by atoms with van der Waals surface area (Å²) in [7, 11) is 0. The SMILES string of the molecule is O=c1cc2c(nn1Cc1ncccn1)CCCN2. The van der Waals surface area contributed by atoms with E-state index in [2.05, 4.69) is 20.4 Å². The fraction of sp³-hybridized carbons (Fsp3) is 0.333. The summed E-state index contributed by atoms with van der Waals surface area (Å²) in [5.74, 6) is 0.593. The molecule has 0 radical (unpaired) electrons. The Hall–Kier alpha value is -2.24. The molecule has 6 nitrogen and oxygen atoms in total. The molecule has 1 N–H and O–H groups in total. The van der Waals surface area contributed by atoms with Crippen LogP contribution >= 0.6 is 0 Å². The molecule has 0 bridgehead atoms. The lowest BCUT2D eigenvalue weighted by Crippen LogP contribution is -2.28. The van der Waals surface area contributed by atoms with Gasteiger partial charge in [-0.05, 0) is 18.9 Å². The molecule has 6 heteroatoms. The van der Waals surface area contributed by atoms with Gasteiger partial charge in [0.25, 0.3) is 5.56 Å². The van der Waals surface area contributed by atoms with Crippen molar-refractivity contribution in [2.24, 2.45) is 0 Å². The molecular weight excluding hydrogens is 230 g/mol. The standard InChI is InChI=1S/C12H13N5O/c18-12-7-10-9(3-1-4-13-10)16-17(12)8-11-14-5-2-6-15-11/h2,5-7,13H,1,3-4,8H2. The van der Waals surface area contributed by atoms with E-state index in [9.17, 15) is 4.79 Å². The molecule has 92 valence electrons. The zero-order valence-corrected chi connectivity index (χ0v) is 9.83. The fourth-order valence-corrected chi connectivity index (χ4v) is 2.01. The van der Waals surface area contributed by atoms with Crippen LogP contribution in [0.4, 0.5) is 5.69 Å². The van der Waals surface area contributed by atoms with Crippen LogP contribution in [0.25, 0.3) is 0 Å². The molecule has 0 aliphatic carbocycles. The number of anilines is 1. The van der Waals surface area contributed by atoms with Crippen molar-refractivity contribution in [3.05, 3.63) is 46.4 Å². The highest BCUT2D eigenvalue weighted by atomic mass is 16.1. The van der Waals surface area contributed by atoms with E-state index in [4.69, 9.17) is 0 Å². The first-order chi connectivity index (χ1) is 8.83. The lowest BCUT2D eigenvalue weighted by Gasteiger charge is -2.17. The van der Waals surface area contributed by atoms with Gasteiger partial charge in [-0.15, -0.1) is 0 Å². The Morgan fingerprint density at radius 2 is 2.17 bits per heavy atom. The lowest BCUT2D eigenvalue weighted by molar-refractivity contribution is 0.589. The van der Waals surface area contributed by atoms with Gasteiger partial charge in [-0.2, -0.15) is 5.10 Å². The zero-order chi connectivity index (χ0) is 12.4. The van der Waals surface area contributed by atoms with Crippen LogP contribution < -0.4 is 10.9 Å². The van der Waals surface area contributed by atoms with Gasteiger partial charge in [0.1, 0.15) is 12.4 Å². The molecule has 2 aromatic heterocycles. The topological polar surface area (TPSA) is 72.7 Å². The van der Waals surface area contributed by atoms with E-state index < -0.39 is 0 Å². The summed E-state index contributed by atoms with van der Waals surface area (Å²) in [4.78, 5) is 20.1. The molecule has 1 aliphatic heterocycles. The maximum Gasteiger partial charge on any atom is 0.269 e. The van der Waals surface area contributed by atoms with Crippen molar-refractivity contribution in [2.75, 3.05) is 11.9 Å². The second kappa shape index (κ2) is 4.56. The average Bonchev–Trinajstić information content (AvgIpc) is 2.41. The Balaban J connectivity index is 1.95. The number of hydrogen-bond donors (Lipinski definition) is 1. The van der Waals surface area contributed by atoms with Gasteiger partial charge < -0.3 is 5.32 Å². The molecule has 18 heavy (non-hydrogen) atoms. The summed E-state index contributed by atoms with van der Waals surface area (Å²) in [5, 5.41) is 7.56.